The number of hydrogen-bond acceptors (Lipinski definition) is 6. The lowest BCUT2D eigenvalue weighted by atomic mass is 10.4. The highest BCUT2D eigenvalue weighted by Gasteiger charge is 2.22. The monoisotopic (exact) mass is 256 g/mol. The minimum Gasteiger partial charge on any atom is -0.463 e. The highest BCUT2D eigenvalue weighted by molar-refractivity contribution is 7.47. The van der Waals surface area contributed by atoms with Gasteiger partial charge in [-0.25, -0.2) is 4.57 Å². The third kappa shape index (κ3) is 7.78. The zero-order valence-electron chi connectivity index (χ0n) is 9.29. The fourth-order valence-electron chi connectivity index (χ4n) is 0.720. The SMILES string of the molecule is CCOP(=O)(O)OCC(O)COC(=O)CC. The Morgan fingerprint density at radius 1 is 1.31 bits per heavy atom. The van der Waals surface area contributed by atoms with Crippen molar-refractivity contribution in [3.05, 3.63) is 0 Å². The number of aliphatic hydroxyl groups excluding tert-OH is 1. The predicted octanol–water partition coefficient (Wildman–Crippen LogP) is 0.454. The number of carbonyl (C=O) groups excluding carboxylic acids is 1. The Morgan fingerprint density at radius 3 is 2.44 bits per heavy atom. The lowest BCUT2D eigenvalue weighted by Gasteiger charge is -2.14. The molecule has 0 amide bonds. The zero-order valence-corrected chi connectivity index (χ0v) is 10.2. The summed E-state index contributed by atoms with van der Waals surface area (Å²) in [7, 11) is -4.10. The summed E-state index contributed by atoms with van der Waals surface area (Å²) in [5, 5.41) is 9.24. The lowest BCUT2D eigenvalue weighted by Crippen LogP contribution is -2.23. The van der Waals surface area contributed by atoms with Crippen LogP contribution in [-0.4, -0.2) is 41.9 Å². The van der Waals surface area contributed by atoms with E-state index in [0.717, 1.165) is 0 Å². The largest absolute Gasteiger partial charge is 0.472 e. The minimum atomic E-state index is -4.10. The summed E-state index contributed by atoms with van der Waals surface area (Å²) in [5.74, 6) is -0.462. The molecule has 96 valence electrons. The Labute approximate surface area is 93.9 Å². The molecule has 0 spiro atoms. The van der Waals surface area contributed by atoms with Gasteiger partial charge in [0.2, 0.25) is 0 Å². The summed E-state index contributed by atoms with van der Waals surface area (Å²) < 4.78 is 24.4. The smallest absolute Gasteiger partial charge is 0.463 e. The third-order valence-corrected chi connectivity index (χ3v) is 2.51. The van der Waals surface area contributed by atoms with E-state index in [1.807, 2.05) is 0 Å². The van der Waals surface area contributed by atoms with Crippen molar-refractivity contribution in [1.29, 1.82) is 0 Å². The summed E-state index contributed by atoms with van der Waals surface area (Å²) in [5.41, 5.74) is 0. The summed E-state index contributed by atoms with van der Waals surface area (Å²) in [6.45, 7) is 2.45. The van der Waals surface area contributed by atoms with E-state index in [-0.39, 0.29) is 19.6 Å². The molecule has 2 unspecified atom stereocenters. The van der Waals surface area contributed by atoms with E-state index >= 15 is 0 Å². The van der Waals surface area contributed by atoms with Gasteiger partial charge in [0.05, 0.1) is 13.2 Å². The van der Waals surface area contributed by atoms with Gasteiger partial charge in [-0.2, -0.15) is 0 Å². The van der Waals surface area contributed by atoms with Crippen molar-refractivity contribution in [3.8, 4) is 0 Å². The quantitative estimate of drug-likeness (QED) is 0.480. The van der Waals surface area contributed by atoms with Crippen molar-refractivity contribution in [2.75, 3.05) is 19.8 Å². The molecule has 0 heterocycles. The average Bonchev–Trinajstić information content (AvgIpc) is 2.23. The number of phosphoric ester groups is 1. The first-order valence-corrected chi connectivity index (χ1v) is 6.36. The number of phosphoric acid groups is 1. The second kappa shape index (κ2) is 7.76. The van der Waals surface area contributed by atoms with Crippen molar-refractivity contribution >= 4 is 13.8 Å². The summed E-state index contributed by atoms with van der Waals surface area (Å²) >= 11 is 0. The highest BCUT2D eigenvalue weighted by Crippen LogP contribution is 2.42. The summed E-state index contributed by atoms with van der Waals surface area (Å²) in [6.07, 6.45) is -0.957. The Morgan fingerprint density at radius 2 is 1.94 bits per heavy atom. The number of aliphatic hydroxyl groups is 1. The maximum atomic E-state index is 11.0. The van der Waals surface area contributed by atoms with Crippen LogP contribution in [0.2, 0.25) is 0 Å². The Balaban J connectivity index is 3.76. The molecule has 0 aromatic carbocycles. The molecule has 0 saturated heterocycles. The number of hydrogen-bond donors (Lipinski definition) is 2. The Kier molecular flexibility index (Phi) is 7.53. The second-order valence-electron chi connectivity index (χ2n) is 2.87. The molecule has 0 saturated carbocycles. The van der Waals surface area contributed by atoms with E-state index < -0.39 is 26.5 Å². The number of rotatable bonds is 8. The average molecular weight is 256 g/mol. The van der Waals surface area contributed by atoms with Gasteiger partial charge in [0.25, 0.3) is 0 Å². The molecule has 0 aliphatic carbocycles. The van der Waals surface area contributed by atoms with Crippen LogP contribution in [0.25, 0.3) is 0 Å². The number of esters is 1. The molecule has 0 aromatic heterocycles. The maximum absolute atomic E-state index is 11.0. The van der Waals surface area contributed by atoms with E-state index in [4.69, 9.17) is 4.89 Å². The van der Waals surface area contributed by atoms with Gasteiger partial charge < -0.3 is 14.7 Å². The predicted molar refractivity (Wildman–Crippen MR) is 54.7 cm³/mol. The van der Waals surface area contributed by atoms with E-state index in [0.29, 0.717) is 0 Å². The molecular weight excluding hydrogens is 239 g/mol. The van der Waals surface area contributed by atoms with Gasteiger partial charge in [-0.1, -0.05) is 6.92 Å². The maximum Gasteiger partial charge on any atom is 0.472 e. The van der Waals surface area contributed by atoms with Crippen LogP contribution in [0.3, 0.4) is 0 Å². The molecule has 0 aliphatic heterocycles. The second-order valence-corrected chi connectivity index (χ2v) is 4.33. The van der Waals surface area contributed by atoms with Gasteiger partial charge in [-0.15, -0.1) is 0 Å². The van der Waals surface area contributed by atoms with Crippen molar-refractivity contribution < 1.29 is 33.1 Å². The standard InChI is InChI=1S/C8H17O7P/c1-3-8(10)13-5-7(9)6-15-16(11,12)14-4-2/h7,9H,3-6H2,1-2H3,(H,11,12). The van der Waals surface area contributed by atoms with Gasteiger partial charge >= 0.3 is 13.8 Å². The van der Waals surface area contributed by atoms with Crippen LogP contribution in [0.15, 0.2) is 0 Å². The molecule has 7 nitrogen and oxygen atoms in total. The van der Waals surface area contributed by atoms with Gasteiger partial charge in [0.15, 0.2) is 0 Å². The summed E-state index contributed by atoms with van der Waals surface area (Å²) in [6, 6.07) is 0. The molecule has 16 heavy (non-hydrogen) atoms. The molecule has 0 bridgehead atoms. The lowest BCUT2D eigenvalue weighted by molar-refractivity contribution is -0.146. The zero-order chi connectivity index (χ0) is 12.6. The summed E-state index contributed by atoms with van der Waals surface area (Å²) in [4.78, 5) is 19.7. The minimum absolute atomic E-state index is 0.0225. The van der Waals surface area contributed by atoms with Crippen LogP contribution in [0.5, 0.6) is 0 Å². The molecule has 2 N–H and O–H groups in total. The van der Waals surface area contributed by atoms with Crippen molar-refractivity contribution in [2.24, 2.45) is 0 Å². The Hall–Kier alpha value is -0.460. The third-order valence-electron chi connectivity index (χ3n) is 1.45. The normalized spacial score (nSPS) is 16.5. The molecule has 0 aromatic rings. The van der Waals surface area contributed by atoms with Crippen molar-refractivity contribution in [1.82, 2.24) is 0 Å². The van der Waals surface area contributed by atoms with Crippen LogP contribution < -0.4 is 0 Å². The van der Waals surface area contributed by atoms with Gasteiger partial charge in [0, 0.05) is 6.42 Å². The van der Waals surface area contributed by atoms with Crippen LogP contribution in [0, 0.1) is 0 Å². The van der Waals surface area contributed by atoms with Crippen LogP contribution in [-0.2, 0) is 23.1 Å². The molecule has 0 aliphatic rings. The van der Waals surface area contributed by atoms with E-state index in [9.17, 15) is 14.5 Å². The Bertz CT molecular complexity index is 255. The fourth-order valence-corrected chi connectivity index (χ4v) is 1.48. The molecule has 0 rings (SSSR count). The molecule has 8 heteroatoms. The molecule has 0 radical (unpaired) electrons. The topological polar surface area (TPSA) is 102 Å². The van der Waals surface area contributed by atoms with E-state index in [2.05, 4.69) is 13.8 Å². The first kappa shape index (κ1) is 15.5. The molecule has 2 atom stereocenters. The number of carbonyl (C=O) groups is 1. The first-order chi connectivity index (χ1) is 7.41. The van der Waals surface area contributed by atoms with Crippen LogP contribution in [0.1, 0.15) is 20.3 Å². The first-order valence-electron chi connectivity index (χ1n) is 4.86. The highest BCUT2D eigenvalue weighted by atomic mass is 31.2. The van der Waals surface area contributed by atoms with Gasteiger partial charge in [0.1, 0.15) is 12.7 Å². The van der Waals surface area contributed by atoms with Crippen LogP contribution >= 0.6 is 7.82 Å². The van der Waals surface area contributed by atoms with Crippen LogP contribution in [0.4, 0.5) is 0 Å². The molecule has 0 fully saturated rings. The van der Waals surface area contributed by atoms with Crippen molar-refractivity contribution in [3.63, 3.8) is 0 Å². The van der Waals surface area contributed by atoms with E-state index in [1.165, 1.54) is 6.92 Å². The molecular formula is C8H17O7P. The number of ether oxygens (including phenoxy) is 1. The van der Waals surface area contributed by atoms with Gasteiger partial charge in [-0.3, -0.25) is 13.8 Å². The van der Waals surface area contributed by atoms with Gasteiger partial charge in [-0.05, 0) is 6.92 Å². The van der Waals surface area contributed by atoms with E-state index in [1.54, 1.807) is 6.92 Å². The van der Waals surface area contributed by atoms with Crippen molar-refractivity contribution in [2.45, 2.75) is 26.4 Å². The fraction of sp³-hybridized carbons (Fsp3) is 0.875.